The highest BCUT2D eigenvalue weighted by Crippen LogP contribution is 2.43. The molecule has 0 radical (unpaired) electrons. The summed E-state index contributed by atoms with van der Waals surface area (Å²) in [4.78, 5) is 16.0. The second-order valence-electron chi connectivity index (χ2n) is 5.41. The number of nitrogens with zero attached hydrogens (tertiary/aromatic N) is 2. The molecule has 0 spiro atoms. The highest BCUT2D eigenvalue weighted by molar-refractivity contribution is 7.77. The molecule has 0 aliphatic heterocycles. The first-order valence-corrected chi connectivity index (χ1v) is 10.0. The fraction of sp³-hybridized carbons (Fsp3) is 0.357. The normalized spacial score (nSPS) is 16.6. The first-order valence-electron chi connectivity index (χ1n) is 7.05. The summed E-state index contributed by atoms with van der Waals surface area (Å²) in [5.74, 6) is 0. The van der Waals surface area contributed by atoms with Crippen molar-refractivity contribution in [3.63, 3.8) is 0 Å². The molecular weight excluding hydrogens is 321 g/mol. The Morgan fingerprint density at radius 3 is 2.59 bits per heavy atom. The molecule has 116 valence electrons. The van der Waals surface area contributed by atoms with Gasteiger partial charge in [-0.1, -0.05) is 0 Å². The molecule has 0 saturated carbocycles. The average molecular weight is 337 g/mol. The number of nitro groups is 1. The van der Waals surface area contributed by atoms with E-state index in [0.29, 0.717) is 10.4 Å². The Kier molecular flexibility index (Phi) is 4.02. The number of hydrogen-bond donors (Lipinski definition) is 1. The molecule has 1 heterocycles. The largest absolute Gasteiger partial charge is 0.331 e. The predicted molar refractivity (Wildman–Crippen MR) is 88.6 cm³/mol. The zero-order valence-electron chi connectivity index (χ0n) is 12.1. The van der Waals surface area contributed by atoms with Gasteiger partial charge >= 0.3 is 0 Å². The molecule has 1 aliphatic rings. The zero-order chi connectivity index (χ0) is 15.7. The molecule has 3 rings (SSSR count). The zero-order valence-corrected chi connectivity index (χ0v) is 13.8. The van der Waals surface area contributed by atoms with E-state index in [0.717, 1.165) is 25.0 Å². The number of aromatic nitrogens is 1. The van der Waals surface area contributed by atoms with Crippen molar-refractivity contribution in [1.82, 2.24) is 4.98 Å². The molecule has 1 N–H and O–H groups in total. The second-order valence-corrected chi connectivity index (χ2v) is 9.30. The lowest BCUT2D eigenvalue weighted by molar-refractivity contribution is -0.384. The van der Waals surface area contributed by atoms with Crippen LogP contribution in [0.5, 0.6) is 0 Å². The maximum atomic E-state index is 12.9. The summed E-state index contributed by atoms with van der Waals surface area (Å²) < 4.78 is 13.6. The summed E-state index contributed by atoms with van der Waals surface area (Å²) in [6.07, 6.45) is 4.28. The topological polar surface area (TPSA) is 85.1 Å². The highest BCUT2D eigenvalue weighted by atomic mass is 32.1. The van der Waals surface area contributed by atoms with Crippen LogP contribution in [0.2, 0.25) is 0 Å². The fourth-order valence-corrected chi connectivity index (χ4v) is 5.57. The van der Waals surface area contributed by atoms with E-state index in [-0.39, 0.29) is 5.69 Å². The lowest BCUT2D eigenvalue weighted by Gasteiger charge is -2.13. The molecule has 1 aromatic carbocycles. The molecule has 22 heavy (non-hydrogen) atoms. The van der Waals surface area contributed by atoms with Crippen molar-refractivity contribution in [2.45, 2.75) is 25.7 Å². The summed E-state index contributed by atoms with van der Waals surface area (Å²) in [7, 11) is -2.82. The minimum Gasteiger partial charge on any atom is -0.331 e. The summed E-state index contributed by atoms with van der Waals surface area (Å²) in [6.45, 7) is 1.65. The lowest BCUT2D eigenvalue weighted by atomic mass is 10.0. The van der Waals surface area contributed by atoms with Crippen LogP contribution < -0.4 is 9.84 Å². The molecule has 6 nitrogen and oxygen atoms in total. The van der Waals surface area contributed by atoms with Crippen molar-refractivity contribution in [3.8, 4) is 0 Å². The number of hydrogen-bond acceptors (Lipinski definition) is 5. The van der Waals surface area contributed by atoms with Gasteiger partial charge in [0.1, 0.15) is 0 Å². The number of nitrogens with one attached hydrogen (secondary N) is 1. The maximum absolute atomic E-state index is 12.9. The van der Waals surface area contributed by atoms with Gasteiger partial charge < -0.3 is 5.09 Å². The van der Waals surface area contributed by atoms with Gasteiger partial charge in [0.15, 0.2) is 4.75 Å². The third-order valence-electron chi connectivity index (χ3n) is 3.62. The Morgan fingerprint density at radius 1 is 1.27 bits per heavy atom. The van der Waals surface area contributed by atoms with Crippen LogP contribution in [-0.2, 0) is 17.4 Å². The summed E-state index contributed by atoms with van der Waals surface area (Å²) in [5.41, 5.74) is 1.70. The Balaban J connectivity index is 1.82. The van der Waals surface area contributed by atoms with E-state index in [4.69, 9.17) is 0 Å². The standard InChI is InChI=1S/C14H16N3O3PS/c1-21(20,14-15-12-4-2-3-5-13(12)22-14)16-10-6-8-11(9-7-10)17(18)19/h6-9H,2-5H2,1H3,(H,16,20). The molecule has 1 aliphatic carbocycles. The minimum absolute atomic E-state index is 0.0150. The number of aryl methyl sites for hydroxylation is 2. The predicted octanol–water partition coefficient (Wildman–Crippen LogP) is 3.58. The lowest BCUT2D eigenvalue weighted by Crippen LogP contribution is -2.10. The fourth-order valence-electron chi connectivity index (χ4n) is 2.47. The monoisotopic (exact) mass is 337 g/mol. The second kappa shape index (κ2) is 5.82. The molecule has 0 bridgehead atoms. The van der Waals surface area contributed by atoms with Gasteiger partial charge in [-0.15, -0.1) is 11.3 Å². The van der Waals surface area contributed by atoms with Crippen molar-refractivity contribution in [2.24, 2.45) is 0 Å². The molecule has 1 aromatic heterocycles. The first kappa shape index (κ1) is 15.2. The van der Waals surface area contributed by atoms with Crippen LogP contribution in [0.3, 0.4) is 0 Å². The Hall–Kier alpha value is -1.72. The van der Waals surface area contributed by atoms with Crippen molar-refractivity contribution >= 4 is 34.8 Å². The van der Waals surface area contributed by atoms with Crippen LogP contribution in [0.1, 0.15) is 23.4 Å². The van der Waals surface area contributed by atoms with Gasteiger partial charge in [0, 0.05) is 29.4 Å². The number of rotatable bonds is 4. The van der Waals surface area contributed by atoms with E-state index in [1.807, 2.05) is 0 Å². The van der Waals surface area contributed by atoms with Gasteiger partial charge in [0.25, 0.3) is 5.69 Å². The third kappa shape index (κ3) is 3.05. The Bertz CT molecular complexity index is 734. The molecule has 1 unspecified atom stereocenters. The van der Waals surface area contributed by atoms with Gasteiger partial charge in [-0.05, 0) is 37.8 Å². The number of anilines is 1. The van der Waals surface area contributed by atoms with Crippen LogP contribution in [0.15, 0.2) is 24.3 Å². The summed E-state index contributed by atoms with van der Waals surface area (Å²) in [5, 5.41) is 13.6. The van der Waals surface area contributed by atoms with Crippen molar-refractivity contribution in [3.05, 3.63) is 45.0 Å². The quantitative estimate of drug-likeness (QED) is 0.524. The smallest absolute Gasteiger partial charge is 0.269 e. The van der Waals surface area contributed by atoms with E-state index in [1.54, 1.807) is 18.8 Å². The molecular formula is C14H16N3O3PS. The van der Waals surface area contributed by atoms with E-state index >= 15 is 0 Å². The van der Waals surface area contributed by atoms with E-state index in [2.05, 4.69) is 10.1 Å². The van der Waals surface area contributed by atoms with Crippen LogP contribution in [0, 0.1) is 10.1 Å². The van der Waals surface area contributed by atoms with Gasteiger partial charge in [0.05, 0.1) is 10.6 Å². The molecule has 1 atom stereocenters. The Morgan fingerprint density at radius 2 is 1.95 bits per heavy atom. The third-order valence-corrected chi connectivity index (χ3v) is 7.41. The number of fused-ring (bicyclic) bond motifs is 1. The van der Waals surface area contributed by atoms with E-state index in [9.17, 15) is 14.7 Å². The van der Waals surface area contributed by atoms with Gasteiger partial charge in [0.2, 0.25) is 7.29 Å². The van der Waals surface area contributed by atoms with Crippen molar-refractivity contribution in [2.75, 3.05) is 11.8 Å². The van der Waals surface area contributed by atoms with Crippen LogP contribution in [-0.4, -0.2) is 16.6 Å². The molecule has 0 fully saturated rings. The number of nitro benzene ring substituents is 1. The SMILES string of the molecule is CP(=O)(Nc1ccc([N+](=O)[O-])cc1)c1nc2c(s1)CCCC2. The number of non-ortho nitro benzene ring substituents is 1. The molecule has 2 aromatic rings. The molecule has 0 amide bonds. The summed E-state index contributed by atoms with van der Waals surface area (Å²) >= 11 is 1.52. The van der Waals surface area contributed by atoms with Gasteiger partial charge in [-0.3, -0.25) is 14.7 Å². The average Bonchev–Trinajstić information content (AvgIpc) is 2.92. The van der Waals surface area contributed by atoms with Crippen LogP contribution in [0.4, 0.5) is 11.4 Å². The minimum atomic E-state index is -2.82. The van der Waals surface area contributed by atoms with Gasteiger partial charge in [-0.2, -0.15) is 0 Å². The summed E-state index contributed by atoms with van der Waals surface area (Å²) in [6, 6.07) is 5.94. The van der Waals surface area contributed by atoms with Crippen molar-refractivity contribution in [1.29, 1.82) is 0 Å². The van der Waals surface area contributed by atoms with Crippen molar-refractivity contribution < 1.29 is 9.49 Å². The maximum Gasteiger partial charge on any atom is 0.269 e. The van der Waals surface area contributed by atoms with Gasteiger partial charge in [-0.25, -0.2) is 4.98 Å². The van der Waals surface area contributed by atoms with E-state index < -0.39 is 12.2 Å². The van der Waals surface area contributed by atoms with E-state index in [1.165, 1.54) is 34.8 Å². The highest BCUT2D eigenvalue weighted by Gasteiger charge is 2.26. The molecule has 0 saturated heterocycles. The first-order chi connectivity index (χ1) is 10.5. The number of benzene rings is 1. The molecule has 8 heteroatoms. The van der Waals surface area contributed by atoms with Crippen LogP contribution in [0.25, 0.3) is 0 Å². The Labute approximate surface area is 132 Å². The van der Waals surface area contributed by atoms with Crippen LogP contribution >= 0.6 is 18.6 Å². The number of thiazole rings is 1.